The normalized spacial score (nSPS) is 14.7. The molecule has 0 unspecified atom stereocenters. The number of halogens is 1. The van der Waals surface area contributed by atoms with Crippen LogP contribution in [0.5, 0.6) is 0 Å². The van der Waals surface area contributed by atoms with Crippen molar-refractivity contribution in [2.75, 3.05) is 0 Å². The van der Waals surface area contributed by atoms with Gasteiger partial charge in [-0.1, -0.05) is 40.2 Å². The highest BCUT2D eigenvalue weighted by Crippen LogP contribution is 2.25. The molecule has 0 atom stereocenters. The highest BCUT2D eigenvalue weighted by atomic mass is 79.9. The molecule has 1 aromatic heterocycles. The van der Waals surface area contributed by atoms with Crippen LogP contribution in [-0.4, -0.2) is 15.8 Å². The third-order valence-corrected chi connectivity index (χ3v) is 4.66. The number of nitrogens with one attached hydrogen (secondary N) is 1. The van der Waals surface area contributed by atoms with Crippen molar-refractivity contribution in [3.63, 3.8) is 0 Å². The Morgan fingerprint density at radius 2 is 2.05 bits per heavy atom. The number of benzene rings is 2. The molecule has 1 N–H and O–H groups in total. The van der Waals surface area contributed by atoms with Crippen molar-refractivity contribution in [3.05, 3.63) is 58.7 Å². The van der Waals surface area contributed by atoms with Crippen molar-refractivity contribution in [1.29, 1.82) is 0 Å². The van der Waals surface area contributed by atoms with Crippen LogP contribution < -0.4 is 5.32 Å². The molecule has 3 aromatic rings. The van der Waals surface area contributed by atoms with Crippen LogP contribution >= 0.6 is 15.9 Å². The topological polar surface area (TPSA) is 29.9 Å². The number of fused-ring (bicyclic) bond motifs is 1. The van der Waals surface area contributed by atoms with Crippen LogP contribution in [0, 0.1) is 0 Å². The number of rotatable bonds is 4. The van der Waals surface area contributed by atoms with Crippen molar-refractivity contribution in [2.24, 2.45) is 0 Å². The van der Waals surface area contributed by atoms with Gasteiger partial charge in [0.05, 0.1) is 17.4 Å². The van der Waals surface area contributed by atoms with Gasteiger partial charge < -0.3 is 5.32 Å². The fourth-order valence-corrected chi connectivity index (χ4v) is 3.04. The molecule has 4 heteroatoms. The number of nitrogens with zero attached hydrogens (tertiary/aromatic N) is 2. The Balaban J connectivity index is 1.67. The summed E-state index contributed by atoms with van der Waals surface area (Å²) >= 11 is 3.69. The first kappa shape index (κ1) is 13.0. The number of hydrogen-bond acceptors (Lipinski definition) is 2. The lowest BCUT2D eigenvalue weighted by molar-refractivity contribution is 0.686. The summed E-state index contributed by atoms with van der Waals surface area (Å²) in [6.07, 6.45) is 4.54. The first-order chi connectivity index (χ1) is 10.3. The quantitative estimate of drug-likeness (QED) is 0.776. The van der Waals surface area contributed by atoms with Crippen LogP contribution in [0.2, 0.25) is 0 Å². The zero-order valence-electron chi connectivity index (χ0n) is 11.6. The van der Waals surface area contributed by atoms with Gasteiger partial charge in [-0.3, -0.25) is 0 Å². The van der Waals surface area contributed by atoms with E-state index in [0.717, 1.165) is 33.6 Å². The van der Waals surface area contributed by atoms with E-state index in [-0.39, 0.29) is 0 Å². The lowest BCUT2D eigenvalue weighted by Gasteiger charge is -2.09. The summed E-state index contributed by atoms with van der Waals surface area (Å²) in [4.78, 5) is 0. The fraction of sp³-hybridized carbons (Fsp3) is 0.235. The number of para-hydroxylation sites is 1. The van der Waals surface area contributed by atoms with Crippen molar-refractivity contribution in [2.45, 2.75) is 25.4 Å². The van der Waals surface area contributed by atoms with Gasteiger partial charge >= 0.3 is 0 Å². The minimum atomic E-state index is 0.728. The molecule has 0 bridgehead atoms. The standard InChI is InChI=1S/C17H16BrN3/c18-16-9-15(8-5-12(16)10-19-14-6-7-14)21-17-4-2-1-3-13(17)11-20-21/h1-5,8-9,11,14,19H,6-7,10H2. The maximum atomic E-state index is 4.50. The van der Waals surface area contributed by atoms with Crippen LogP contribution in [-0.2, 0) is 6.54 Å². The zero-order valence-corrected chi connectivity index (χ0v) is 13.2. The van der Waals surface area contributed by atoms with Gasteiger partial charge in [-0.25, -0.2) is 4.68 Å². The van der Waals surface area contributed by atoms with Crippen molar-refractivity contribution in [1.82, 2.24) is 15.1 Å². The Morgan fingerprint density at radius 3 is 2.86 bits per heavy atom. The molecule has 0 saturated heterocycles. The highest BCUT2D eigenvalue weighted by molar-refractivity contribution is 9.10. The van der Waals surface area contributed by atoms with Crippen molar-refractivity contribution < 1.29 is 0 Å². The summed E-state index contributed by atoms with van der Waals surface area (Å²) in [5.74, 6) is 0. The second-order valence-electron chi connectivity index (χ2n) is 5.55. The second-order valence-corrected chi connectivity index (χ2v) is 6.40. The average molecular weight is 342 g/mol. The van der Waals surface area contributed by atoms with E-state index in [1.54, 1.807) is 0 Å². The summed E-state index contributed by atoms with van der Waals surface area (Å²) < 4.78 is 3.12. The van der Waals surface area contributed by atoms with E-state index in [9.17, 15) is 0 Å². The minimum Gasteiger partial charge on any atom is -0.310 e. The van der Waals surface area contributed by atoms with E-state index in [0.29, 0.717) is 0 Å². The molecule has 1 aliphatic carbocycles. The summed E-state index contributed by atoms with van der Waals surface area (Å²) in [7, 11) is 0. The zero-order chi connectivity index (χ0) is 14.2. The Morgan fingerprint density at radius 1 is 1.19 bits per heavy atom. The summed E-state index contributed by atoms with van der Waals surface area (Å²) in [6, 6.07) is 15.4. The second kappa shape index (κ2) is 5.28. The Bertz CT molecular complexity index is 790. The van der Waals surface area contributed by atoms with E-state index in [4.69, 9.17) is 0 Å². The van der Waals surface area contributed by atoms with Gasteiger partial charge in [-0.05, 0) is 36.6 Å². The van der Waals surface area contributed by atoms with Gasteiger partial charge in [-0.2, -0.15) is 5.10 Å². The monoisotopic (exact) mass is 341 g/mol. The maximum absolute atomic E-state index is 4.50. The molecule has 1 fully saturated rings. The number of hydrogen-bond donors (Lipinski definition) is 1. The summed E-state index contributed by atoms with van der Waals surface area (Å²) in [5.41, 5.74) is 3.51. The molecule has 0 amide bonds. The minimum absolute atomic E-state index is 0.728. The molecule has 2 aromatic carbocycles. The largest absolute Gasteiger partial charge is 0.310 e. The molecule has 1 saturated carbocycles. The van der Waals surface area contributed by atoms with E-state index in [1.807, 2.05) is 23.0 Å². The van der Waals surface area contributed by atoms with Gasteiger partial charge in [-0.15, -0.1) is 0 Å². The Kier molecular flexibility index (Phi) is 3.28. The van der Waals surface area contributed by atoms with Gasteiger partial charge in [0, 0.05) is 22.4 Å². The van der Waals surface area contributed by atoms with Crippen LogP contribution in [0.1, 0.15) is 18.4 Å². The lowest BCUT2D eigenvalue weighted by Crippen LogP contribution is -2.15. The average Bonchev–Trinajstić information content (AvgIpc) is 3.23. The molecule has 106 valence electrons. The van der Waals surface area contributed by atoms with Gasteiger partial charge in [0.25, 0.3) is 0 Å². The SMILES string of the molecule is Brc1cc(-n2ncc3ccccc32)ccc1CNC1CC1. The van der Waals surface area contributed by atoms with E-state index >= 15 is 0 Å². The van der Waals surface area contributed by atoms with E-state index < -0.39 is 0 Å². The van der Waals surface area contributed by atoms with Crippen LogP contribution in [0.15, 0.2) is 53.1 Å². The molecule has 1 heterocycles. The maximum Gasteiger partial charge on any atom is 0.0741 e. The third-order valence-electron chi connectivity index (χ3n) is 3.92. The summed E-state index contributed by atoms with van der Waals surface area (Å²) in [5, 5.41) is 9.21. The molecule has 21 heavy (non-hydrogen) atoms. The summed E-state index contributed by atoms with van der Waals surface area (Å²) in [6.45, 7) is 0.922. The molecule has 4 rings (SSSR count). The molecule has 0 spiro atoms. The first-order valence-electron chi connectivity index (χ1n) is 7.26. The van der Waals surface area contributed by atoms with Crippen molar-refractivity contribution in [3.8, 4) is 5.69 Å². The highest BCUT2D eigenvalue weighted by Gasteiger charge is 2.20. The smallest absolute Gasteiger partial charge is 0.0741 e. The van der Waals surface area contributed by atoms with E-state index in [1.165, 1.54) is 18.4 Å². The first-order valence-corrected chi connectivity index (χ1v) is 8.05. The van der Waals surface area contributed by atoms with Crippen molar-refractivity contribution >= 4 is 26.8 Å². The molecule has 0 aliphatic heterocycles. The van der Waals surface area contributed by atoms with Crippen LogP contribution in [0.4, 0.5) is 0 Å². The predicted molar refractivity (Wildman–Crippen MR) is 88.6 cm³/mol. The Labute approximate surface area is 132 Å². The molecular formula is C17H16BrN3. The fourth-order valence-electron chi connectivity index (χ4n) is 2.53. The van der Waals surface area contributed by atoms with Gasteiger partial charge in [0.1, 0.15) is 0 Å². The Hall–Kier alpha value is -1.65. The molecule has 1 aliphatic rings. The number of aromatic nitrogens is 2. The van der Waals surface area contributed by atoms with Crippen LogP contribution in [0.3, 0.4) is 0 Å². The van der Waals surface area contributed by atoms with Gasteiger partial charge in [0.2, 0.25) is 0 Å². The van der Waals surface area contributed by atoms with Crippen LogP contribution in [0.25, 0.3) is 16.6 Å². The third kappa shape index (κ3) is 2.61. The predicted octanol–water partition coefficient (Wildman–Crippen LogP) is 4.04. The van der Waals surface area contributed by atoms with Gasteiger partial charge in [0.15, 0.2) is 0 Å². The lowest BCUT2D eigenvalue weighted by atomic mass is 10.2. The molecule has 3 nitrogen and oxygen atoms in total. The van der Waals surface area contributed by atoms with E-state index in [2.05, 4.69) is 56.7 Å². The molecular weight excluding hydrogens is 326 g/mol. The molecule has 0 radical (unpaired) electrons.